The summed E-state index contributed by atoms with van der Waals surface area (Å²) in [6.07, 6.45) is 3.70. The van der Waals surface area contributed by atoms with Crippen LogP contribution < -0.4 is 10.6 Å². The second-order valence-corrected chi connectivity index (χ2v) is 4.98. The monoisotopic (exact) mass is 285 g/mol. The van der Waals surface area contributed by atoms with E-state index in [1.54, 1.807) is 0 Å². The lowest BCUT2D eigenvalue weighted by Gasteiger charge is -2.10. The van der Waals surface area contributed by atoms with E-state index in [0.29, 0.717) is 12.2 Å². The van der Waals surface area contributed by atoms with E-state index in [9.17, 15) is 4.79 Å². The lowest BCUT2D eigenvalue weighted by atomic mass is 10.2. The first kappa shape index (κ1) is 15.1. The SMILES string of the molecule is Cc1ccccc1NC(=O)/C(C#N)=C\NCC1CCCO1. The van der Waals surface area contributed by atoms with Gasteiger partial charge in [-0.2, -0.15) is 5.26 Å². The number of nitrogens with zero attached hydrogens (tertiary/aromatic N) is 1. The van der Waals surface area contributed by atoms with Gasteiger partial charge in [-0.25, -0.2) is 0 Å². The van der Waals surface area contributed by atoms with Crippen LogP contribution in [-0.2, 0) is 9.53 Å². The Morgan fingerprint density at radius 1 is 1.52 bits per heavy atom. The molecule has 1 fully saturated rings. The highest BCUT2D eigenvalue weighted by atomic mass is 16.5. The smallest absolute Gasteiger partial charge is 0.267 e. The minimum absolute atomic E-state index is 0.0521. The van der Waals surface area contributed by atoms with Crippen molar-refractivity contribution in [3.63, 3.8) is 0 Å². The third-order valence-corrected chi connectivity index (χ3v) is 3.37. The zero-order chi connectivity index (χ0) is 15.1. The molecule has 0 spiro atoms. The molecule has 2 N–H and O–H groups in total. The largest absolute Gasteiger partial charge is 0.387 e. The number of hydrogen-bond donors (Lipinski definition) is 2. The highest BCUT2D eigenvalue weighted by Gasteiger charge is 2.15. The second kappa shape index (κ2) is 7.46. The van der Waals surface area contributed by atoms with Crippen LogP contribution in [0.4, 0.5) is 5.69 Å². The fraction of sp³-hybridized carbons (Fsp3) is 0.375. The Morgan fingerprint density at radius 2 is 2.33 bits per heavy atom. The number of anilines is 1. The van der Waals surface area contributed by atoms with E-state index in [2.05, 4.69) is 10.6 Å². The summed E-state index contributed by atoms with van der Waals surface area (Å²) in [5, 5.41) is 14.8. The highest BCUT2D eigenvalue weighted by molar-refractivity contribution is 6.06. The molecule has 1 amide bonds. The number of carbonyl (C=O) groups excluding carboxylic acids is 1. The van der Waals surface area contributed by atoms with Gasteiger partial charge in [0.25, 0.3) is 5.91 Å². The number of aryl methyl sites for hydroxylation is 1. The number of rotatable bonds is 5. The minimum Gasteiger partial charge on any atom is -0.387 e. The molecule has 1 unspecified atom stereocenters. The minimum atomic E-state index is -0.411. The number of ether oxygens (including phenoxy) is 1. The Labute approximate surface area is 124 Å². The predicted molar refractivity (Wildman–Crippen MR) is 80.5 cm³/mol. The van der Waals surface area contributed by atoms with E-state index < -0.39 is 5.91 Å². The van der Waals surface area contributed by atoms with E-state index in [1.165, 1.54) is 6.20 Å². The van der Waals surface area contributed by atoms with Gasteiger partial charge in [0.05, 0.1) is 6.10 Å². The van der Waals surface area contributed by atoms with Crippen LogP contribution in [0.2, 0.25) is 0 Å². The maximum atomic E-state index is 12.0. The van der Waals surface area contributed by atoms with Crippen molar-refractivity contribution in [3.05, 3.63) is 41.6 Å². The van der Waals surface area contributed by atoms with Crippen molar-refractivity contribution in [3.8, 4) is 6.07 Å². The standard InChI is InChI=1S/C16H19N3O2/c1-12-5-2-3-7-15(12)19-16(20)13(9-17)10-18-11-14-6-4-8-21-14/h2-3,5,7,10,14,18H,4,6,8,11H2,1H3,(H,19,20)/b13-10-. The second-order valence-electron chi connectivity index (χ2n) is 4.98. The molecule has 0 bridgehead atoms. The van der Waals surface area contributed by atoms with Crippen LogP contribution in [0.5, 0.6) is 0 Å². The van der Waals surface area contributed by atoms with Crippen molar-refractivity contribution < 1.29 is 9.53 Å². The lowest BCUT2D eigenvalue weighted by Crippen LogP contribution is -2.24. The first-order chi connectivity index (χ1) is 10.2. The zero-order valence-corrected chi connectivity index (χ0v) is 12.1. The first-order valence-electron chi connectivity index (χ1n) is 7.03. The fourth-order valence-electron chi connectivity index (χ4n) is 2.15. The van der Waals surface area contributed by atoms with Gasteiger partial charge in [-0.1, -0.05) is 18.2 Å². The van der Waals surface area contributed by atoms with Crippen molar-refractivity contribution in [1.29, 1.82) is 5.26 Å². The summed E-state index contributed by atoms with van der Waals surface area (Å²) in [4.78, 5) is 12.0. The molecule has 21 heavy (non-hydrogen) atoms. The summed E-state index contributed by atoms with van der Waals surface area (Å²) in [7, 11) is 0. The van der Waals surface area contributed by atoms with Crippen molar-refractivity contribution >= 4 is 11.6 Å². The maximum Gasteiger partial charge on any atom is 0.267 e. The summed E-state index contributed by atoms with van der Waals surface area (Å²) >= 11 is 0. The summed E-state index contributed by atoms with van der Waals surface area (Å²) < 4.78 is 5.47. The number of nitrogens with one attached hydrogen (secondary N) is 2. The number of nitriles is 1. The van der Waals surface area contributed by atoms with E-state index in [0.717, 1.165) is 25.0 Å². The Balaban J connectivity index is 1.92. The highest BCUT2D eigenvalue weighted by Crippen LogP contribution is 2.14. The Kier molecular flexibility index (Phi) is 5.35. The van der Waals surface area contributed by atoms with Crippen molar-refractivity contribution in [1.82, 2.24) is 5.32 Å². The lowest BCUT2D eigenvalue weighted by molar-refractivity contribution is -0.112. The molecule has 0 aromatic heterocycles. The topological polar surface area (TPSA) is 74.2 Å². The van der Waals surface area contributed by atoms with Gasteiger partial charge in [0.2, 0.25) is 0 Å². The molecular weight excluding hydrogens is 266 g/mol. The molecule has 0 radical (unpaired) electrons. The first-order valence-corrected chi connectivity index (χ1v) is 7.03. The van der Waals surface area contributed by atoms with Crippen molar-refractivity contribution in [2.24, 2.45) is 0 Å². The molecule has 5 heteroatoms. The van der Waals surface area contributed by atoms with Crippen LogP contribution in [0, 0.1) is 18.3 Å². The van der Waals surface area contributed by atoms with Gasteiger partial charge in [-0.3, -0.25) is 4.79 Å². The predicted octanol–water partition coefficient (Wildman–Crippen LogP) is 2.11. The van der Waals surface area contributed by atoms with Crippen LogP contribution in [0.1, 0.15) is 18.4 Å². The van der Waals surface area contributed by atoms with Crippen LogP contribution in [0.15, 0.2) is 36.0 Å². The number of carbonyl (C=O) groups is 1. The maximum absolute atomic E-state index is 12.0. The van der Waals surface area contributed by atoms with Gasteiger partial charge in [0.15, 0.2) is 0 Å². The van der Waals surface area contributed by atoms with Crippen molar-refractivity contribution in [2.75, 3.05) is 18.5 Å². The molecule has 1 heterocycles. The average molecular weight is 285 g/mol. The molecule has 1 aliphatic heterocycles. The van der Waals surface area contributed by atoms with Gasteiger partial charge in [0.1, 0.15) is 11.6 Å². The van der Waals surface area contributed by atoms with E-state index in [1.807, 2.05) is 37.3 Å². The molecule has 1 atom stereocenters. The van der Waals surface area contributed by atoms with Gasteiger partial charge in [-0.15, -0.1) is 0 Å². The number of benzene rings is 1. The third-order valence-electron chi connectivity index (χ3n) is 3.37. The molecule has 0 saturated carbocycles. The quantitative estimate of drug-likeness (QED) is 0.642. The van der Waals surface area contributed by atoms with E-state index in [-0.39, 0.29) is 11.7 Å². The molecule has 2 rings (SSSR count). The molecule has 5 nitrogen and oxygen atoms in total. The average Bonchev–Trinajstić information content (AvgIpc) is 2.99. The summed E-state index contributed by atoms with van der Waals surface area (Å²) in [6, 6.07) is 9.36. The van der Waals surface area contributed by atoms with Gasteiger partial charge in [0, 0.05) is 25.0 Å². The molecule has 110 valence electrons. The normalized spacial score (nSPS) is 18.1. The number of para-hydroxylation sites is 1. The fourth-order valence-corrected chi connectivity index (χ4v) is 2.15. The molecule has 1 aromatic rings. The Bertz CT molecular complexity index is 569. The Hall–Kier alpha value is -2.32. The van der Waals surface area contributed by atoms with Gasteiger partial charge >= 0.3 is 0 Å². The number of amides is 1. The molecule has 1 saturated heterocycles. The Morgan fingerprint density at radius 3 is 3.00 bits per heavy atom. The van der Waals surface area contributed by atoms with Crippen LogP contribution in [0.3, 0.4) is 0 Å². The molecule has 1 aromatic carbocycles. The summed E-state index contributed by atoms with van der Waals surface area (Å²) in [6.45, 7) is 3.30. The van der Waals surface area contributed by atoms with E-state index in [4.69, 9.17) is 10.00 Å². The summed E-state index contributed by atoms with van der Waals surface area (Å²) in [5.74, 6) is -0.411. The van der Waals surface area contributed by atoms with Gasteiger partial charge < -0.3 is 15.4 Å². The van der Waals surface area contributed by atoms with E-state index >= 15 is 0 Å². The van der Waals surface area contributed by atoms with Crippen LogP contribution in [0.25, 0.3) is 0 Å². The van der Waals surface area contributed by atoms with Crippen LogP contribution in [-0.4, -0.2) is 25.2 Å². The third kappa shape index (κ3) is 4.33. The van der Waals surface area contributed by atoms with Crippen LogP contribution >= 0.6 is 0 Å². The summed E-state index contributed by atoms with van der Waals surface area (Å²) in [5.41, 5.74) is 1.72. The zero-order valence-electron chi connectivity index (χ0n) is 12.1. The van der Waals surface area contributed by atoms with Gasteiger partial charge in [-0.05, 0) is 31.4 Å². The van der Waals surface area contributed by atoms with Crippen molar-refractivity contribution in [2.45, 2.75) is 25.9 Å². The molecular formula is C16H19N3O2. The molecule has 1 aliphatic rings. The molecule has 0 aliphatic carbocycles. The number of hydrogen-bond acceptors (Lipinski definition) is 4.